The van der Waals surface area contributed by atoms with Gasteiger partial charge in [0, 0.05) is 22.9 Å². The molecular formula is C19H19ClN2OS. The van der Waals surface area contributed by atoms with E-state index < -0.39 is 0 Å². The highest BCUT2D eigenvalue weighted by Gasteiger charge is 2.25. The van der Waals surface area contributed by atoms with Gasteiger partial charge in [0.15, 0.2) is 5.17 Å². The van der Waals surface area contributed by atoms with Gasteiger partial charge in [0.1, 0.15) is 0 Å². The van der Waals surface area contributed by atoms with Crippen LogP contribution in [0.15, 0.2) is 47.5 Å². The number of carbonyl (C=O) groups excluding carboxylic acids is 1. The summed E-state index contributed by atoms with van der Waals surface area (Å²) in [7, 11) is 0. The normalized spacial score (nSPS) is 14.0. The molecule has 24 heavy (non-hydrogen) atoms. The van der Waals surface area contributed by atoms with E-state index in [1.807, 2.05) is 56.3 Å². The number of hydrogen-bond acceptors (Lipinski definition) is 3. The standard InChI is InChI=1S/C19H19ClN2OS/c1-13-7-8-15(11-14(13)2)18(23)22-10-9-21-19(22)24-12-16-5-3-4-6-17(16)20/h3-8,11H,9-10,12H2,1-2H3. The molecule has 0 unspecified atom stereocenters. The predicted molar refractivity (Wildman–Crippen MR) is 102 cm³/mol. The monoisotopic (exact) mass is 358 g/mol. The molecule has 0 N–H and O–H groups in total. The third-order valence-electron chi connectivity index (χ3n) is 4.12. The number of hydrogen-bond donors (Lipinski definition) is 0. The second kappa shape index (κ2) is 7.41. The zero-order valence-corrected chi connectivity index (χ0v) is 15.3. The van der Waals surface area contributed by atoms with Crippen LogP contribution in [0.2, 0.25) is 5.02 Å². The Labute approximate surface area is 151 Å². The molecule has 0 fully saturated rings. The molecule has 0 saturated heterocycles. The topological polar surface area (TPSA) is 32.7 Å². The fourth-order valence-corrected chi connectivity index (χ4v) is 3.86. The predicted octanol–water partition coefficient (Wildman–Crippen LogP) is 4.70. The highest BCUT2D eigenvalue weighted by atomic mass is 35.5. The van der Waals surface area contributed by atoms with E-state index in [0.29, 0.717) is 24.4 Å². The number of nitrogens with zero attached hydrogens (tertiary/aromatic N) is 2. The van der Waals surface area contributed by atoms with Crippen molar-refractivity contribution >= 4 is 34.4 Å². The molecule has 1 aliphatic heterocycles. The zero-order chi connectivity index (χ0) is 17.1. The van der Waals surface area contributed by atoms with Crippen molar-refractivity contribution in [3.63, 3.8) is 0 Å². The van der Waals surface area contributed by atoms with Crippen LogP contribution in [0.25, 0.3) is 0 Å². The lowest BCUT2D eigenvalue weighted by molar-refractivity contribution is 0.0860. The van der Waals surface area contributed by atoms with E-state index in [-0.39, 0.29) is 5.91 Å². The van der Waals surface area contributed by atoms with Crippen LogP contribution in [-0.4, -0.2) is 29.1 Å². The number of amidine groups is 1. The summed E-state index contributed by atoms with van der Waals surface area (Å²) in [5, 5.41) is 1.52. The maximum Gasteiger partial charge on any atom is 0.259 e. The van der Waals surface area contributed by atoms with Crippen molar-refractivity contribution in [1.82, 2.24) is 4.90 Å². The molecule has 2 aromatic carbocycles. The fraction of sp³-hybridized carbons (Fsp3) is 0.263. The Morgan fingerprint density at radius 1 is 1.21 bits per heavy atom. The lowest BCUT2D eigenvalue weighted by atomic mass is 10.1. The third-order valence-corrected chi connectivity index (χ3v) is 5.55. The van der Waals surface area contributed by atoms with Crippen molar-refractivity contribution < 1.29 is 4.79 Å². The molecule has 0 bridgehead atoms. The molecular weight excluding hydrogens is 340 g/mol. The minimum absolute atomic E-state index is 0.0148. The molecule has 1 heterocycles. The SMILES string of the molecule is Cc1ccc(C(=O)N2CCN=C2SCc2ccccc2Cl)cc1C. The smallest absolute Gasteiger partial charge is 0.259 e. The van der Waals surface area contributed by atoms with Crippen LogP contribution in [0.4, 0.5) is 0 Å². The molecule has 1 aliphatic rings. The minimum Gasteiger partial charge on any atom is -0.286 e. The molecule has 0 atom stereocenters. The van der Waals surface area contributed by atoms with Gasteiger partial charge in [-0.05, 0) is 48.7 Å². The number of amides is 1. The molecule has 3 nitrogen and oxygen atoms in total. The zero-order valence-electron chi connectivity index (χ0n) is 13.8. The first kappa shape index (κ1) is 17.1. The average Bonchev–Trinajstić information content (AvgIpc) is 3.04. The van der Waals surface area contributed by atoms with Crippen LogP contribution in [0.3, 0.4) is 0 Å². The maximum atomic E-state index is 12.8. The van der Waals surface area contributed by atoms with Crippen molar-refractivity contribution in [3.8, 4) is 0 Å². The summed E-state index contributed by atoms with van der Waals surface area (Å²) in [6.45, 7) is 5.36. The minimum atomic E-state index is 0.0148. The van der Waals surface area contributed by atoms with Crippen molar-refractivity contribution in [1.29, 1.82) is 0 Å². The van der Waals surface area contributed by atoms with E-state index >= 15 is 0 Å². The molecule has 0 saturated carbocycles. The van der Waals surface area contributed by atoms with Crippen molar-refractivity contribution in [2.45, 2.75) is 19.6 Å². The van der Waals surface area contributed by atoms with E-state index in [0.717, 1.165) is 21.3 Å². The number of aryl methyl sites for hydroxylation is 2. The lowest BCUT2D eigenvalue weighted by Crippen LogP contribution is -2.32. The Hall–Kier alpha value is -1.78. The molecule has 0 aromatic heterocycles. The summed E-state index contributed by atoms with van der Waals surface area (Å²) in [5.74, 6) is 0.718. The van der Waals surface area contributed by atoms with Crippen molar-refractivity contribution in [3.05, 3.63) is 69.7 Å². The lowest BCUT2D eigenvalue weighted by Gasteiger charge is -2.18. The van der Waals surface area contributed by atoms with Gasteiger partial charge in [0.05, 0.1) is 6.54 Å². The highest BCUT2D eigenvalue weighted by Crippen LogP contribution is 2.25. The molecule has 0 spiro atoms. The number of halogens is 1. The first-order chi connectivity index (χ1) is 11.6. The van der Waals surface area contributed by atoms with Crippen LogP contribution in [-0.2, 0) is 5.75 Å². The van der Waals surface area contributed by atoms with Gasteiger partial charge in [-0.3, -0.25) is 14.7 Å². The van der Waals surface area contributed by atoms with Crippen LogP contribution in [0.1, 0.15) is 27.0 Å². The van der Waals surface area contributed by atoms with Gasteiger partial charge in [0.2, 0.25) is 0 Å². The number of rotatable bonds is 3. The van der Waals surface area contributed by atoms with Crippen LogP contribution < -0.4 is 0 Å². The van der Waals surface area contributed by atoms with Crippen molar-refractivity contribution in [2.24, 2.45) is 4.99 Å². The van der Waals surface area contributed by atoms with E-state index in [9.17, 15) is 4.79 Å². The Morgan fingerprint density at radius 3 is 2.75 bits per heavy atom. The van der Waals surface area contributed by atoms with Crippen LogP contribution in [0, 0.1) is 13.8 Å². The van der Waals surface area contributed by atoms with Crippen LogP contribution in [0.5, 0.6) is 0 Å². The largest absolute Gasteiger partial charge is 0.286 e. The Bertz CT molecular complexity index is 804. The second-order valence-electron chi connectivity index (χ2n) is 5.80. The van der Waals surface area contributed by atoms with E-state index in [4.69, 9.17) is 11.6 Å². The summed E-state index contributed by atoms with van der Waals surface area (Å²) in [5.41, 5.74) is 4.08. The third kappa shape index (κ3) is 3.65. The fourth-order valence-electron chi connectivity index (χ4n) is 2.53. The first-order valence-electron chi connectivity index (χ1n) is 7.86. The summed E-state index contributed by atoms with van der Waals surface area (Å²) >= 11 is 7.76. The van der Waals surface area contributed by atoms with Gasteiger partial charge in [0.25, 0.3) is 5.91 Å². The number of aliphatic imine (C=N–C) groups is 1. The van der Waals surface area contributed by atoms with Gasteiger partial charge >= 0.3 is 0 Å². The van der Waals surface area contributed by atoms with Crippen molar-refractivity contribution in [2.75, 3.05) is 13.1 Å². The van der Waals surface area contributed by atoms with E-state index in [1.54, 1.807) is 16.7 Å². The Kier molecular flexibility index (Phi) is 5.27. The first-order valence-corrected chi connectivity index (χ1v) is 9.22. The molecule has 0 radical (unpaired) electrons. The summed E-state index contributed by atoms with van der Waals surface area (Å²) in [6, 6.07) is 13.6. The molecule has 1 amide bonds. The van der Waals surface area contributed by atoms with Gasteiger partial charge in [-0.2, -0.15) is 0 Å². The summed E-state index contributed by atoms with van der Waals surface area (Å²) in [6.07, 6.45) is 0. The Morgan fingerprint density at radius 2 is 2.00 bits per heavy atom. The number of thioether (sulfide) groups is 1. The molecule has 2 aromatic rings. The second-order valence-corrected chi connectivity index (χ2v) is 7.15. The summed E-state index contributed by atoms with van der Waals surface area (Å²) < 4.78 is 0. The van der Waals surface area contributed by atoms with Crippen LogP contribution >= 0.6 is 23.4 Å². The summed E-state index contributed by atoms with van der Waals surface area (Å²) in [4.78, 5) is 19.1. The van der Waals surface area contributed by atoms with Gasteiger partial charge in [-0.1, -0.05) is 47.6 Å². The quantitative estimate of drug-likeness (QED) is 0.796. The number of benzene rings is 2. The molecule has 3 rings (SSSR count). The highest BCUT2D eigenvalue weighted by molar-refractivity contribution is 8.13. The van der Waals surface area contributed by atoms with Gasteiger partial charge in [-0.25, -0.2) is 0 Å². The Balaban J connectivity index is 1.72. The van der Waals surface area contributed by atoms with Gasteiger partial charge < -0.3 is 0 Å². The molecule has 124 valence electrons. The maximum absolute atomic E-state index is 12.8. The average molecular weight is 359 g/mol. The number of carbonyl (C=O) groups is 1. The van der Waals surface area contributed by atoms with E-state index in [1.165, 1.54) is 5.56 Å². The van der Waals surface area contributed by atoms with E-state index in [2.05, 4.69) is 4.99 Å². The molecule has 5 heteroatoms. The van der Waals surface area contributed by atoms with Gasteiger partial charge in [-0.15, -0.1) is 0 Å². The molecule has 0 aliphatic carbocycles.